The van der Waals surface area contributed by atoms with Gasteiger partial charge in [-0.15, -0.1) is 0 Å². The van der Waals surface area contributed by atoms with Crippen LogP contribution in [0.4, 0.5) is 14.5 Å². The molecular weight excluding hydrogens is 390 g/mol. The standard InChI is InChI=1S/C19H20F2N2O2S2/c1-2-23(12-13-3-8-16-17(11-13)25-10-9-24-16)19(26)22-14-4-6-15(7-5-14)27-18(20)21/h3-8,11,18H,2,9-10,12H2,1H3,(H,22,26). The number of anilines is 1. The summed E-state index contributed by atoms with van der Waals surface area (Å²) in [5.41, 5.74) is 1.83. The first-order valence-electron chi connectivity index (χ1n) is 8.54. The van der Waals surface area contributed by atoms with Crippen LogP contribution in [0.15, 0.2) is 47.4 Å². The number of nitrogens with one attached hydrogen (secondary N) is 1. The van der Waals surface area contributed by atoms with Crippen molar-refractivity contribution in [1.29, 1.82) is 0 Å². The maximum absolute atomic E-state index is 12.4. The number of rotatable bonds is 6. The zero-order chi connectivity index (χ0) is 19.2. The van der Waals surface area contributed by atoms with Gasteiger partial charge in [-0.1, -0.05) is 17.8 Å². The fourth-order valence-corrected chi connectivity index (χ4v) is 3.47. The van der Waals surface area contributed by atoms with E-state index in [2.05, 4.69) is 5.32 Å². The fraction of sp³-hybridized carbons (Fsp3) is 0.316. The van der Waals surface area contributed by atoms with Crippen LogP contribution in [0, 0.1) is 0 Å². The fourth-order valence-electron chi connectivity index (χ4n) is 2.66. The first-order chi connectivity index (χ1) is 13.0. The number of hydrogen-bond donors (Lipinski definition) is 1. The lowest BCUT2D eigenvalue weighted by molar-refractivity contribution is 0.171. The summed E-state index contributed by atoms with van der Waals surface area (Å²) in [6.45, 7) is 4.48. The van der Waals surface area contributed by atoms with E-state index in [9.17, 15) is 8.78 Å². The normalized spacial score (nSPS) is 12.7. The van der Waals surface area contributed by atoms with Gasteiger partial charge in [0.15, 0.2) is 16.6 Å². The smallest absolute Gasteiger partial charge is 0.288 e. The van der Waals surface area contributed by atoms with Crippen LogP contribution in [0.1, 0.15) is 12.5 Å². The van der Waals surface area contributed by atoms with Crippen molar-refractivity contribution in [2.45, 2.75) is 24.1 Å². The molecule has 0 atom stereocenters. The third kappa shape index (κ3) is 5.46. The van der Waals surface area contributed by atoms with Crippen LogP contribution in [0.3, 0.4) is 0 Å². The third-order valence-electron chi connectivity index (χ3n) is 3.98. The van der Waals surface area contributed by atoms with Crippen LogP contribution in [0.5, 0.6) is 11.5 Å². The number of fused-ring (bicyclic) bond motifs is 1. The third-order valence-corrected chi connectivity index (χ3v) is 5.06. The van der Waals surface area contributed by atoms with Crippen molar-refractivity contribution in [3.8, 4) is 11.5 Å². The summed E-state index contributed by atoms with van der Waals surface area (Å²) < 4.78 is 36.0. The summed E-state index contributed by atoms with van der Waals surface area (Å²) in [5.74, 6) is -0.914. The molecule has 0 spiro atoms. The number of thiocarbonyl (C=S) groups is 1. The van der Waals surface area contributed by atoms with E-state index in [1.165, 1.54) is 0 Å². The highest BCUT2D eigenvalue weighted by molar-refractivity contribution is 7.99. The SMILES string of the molecule is CCN(Cc1ccc2c(c1)OCCO2)C(=S)Nc1ccc(SC(F)F)cc1. The summed E-state index contributed by atoms with van der Waals surface area (Å²) in [7, 11) is 0. The first kappa shape index (κ1) is 19.7. The minimum atomic E-state index is -2.42. The molecule has 144 valence electrons. The number of halogens is 2. The number of alkyl halides is 2. The molecule has 0 amide bonds. The summed E-state index contributed by atoms with van der Waals surface area (Å²) in [6, 6.07) is 12.7. The molecule has 1 N–H and O–H groups in total. The molecule has 1 heterocycles. The Morgan fingerprint density at radius 2 is 1.85 bits per heavy atom. The minimum Gasteiger partial charge on any atom is -0.486 e. The molecule has 0 bridgehead atoms. The second-order valence-electron chi connectivity index (χ2n) is 5.83. The Morgan fingerprint density at radius 3 is 2.52 bits per heavy atom. The van der Waals surface area contributed by atoms with Crippen LogP contribution in [0.2, 0.25) is 0 Å². The average molecular weight is 411 g/mol. The molecule has 1 aliphatic heterocycles. The van der Waals surface area contributed by atoms with Crippen molar-refractivity contribution in [2.75, 3.05) is 25.1 Å². The van der Waals surface area contributed by atoms with E-state index in [0.717, 1.165) is 29.3 Å². The largest absolute Gasteiger partial charge is 0.486 e. The highest BCUT2D eigenvalue weighted by atomic mass is 32.2. The van der Waals surface area contributed by atoms with E-state index in [4.69, 9.17) is 21.7 Å². The Labute approximate surface area is 166 Å². The second kappa shape index (κ2) is 9.23. The van der Waals surface area contributed by atoms with E-state index in [-0.39, 0.29) is 0 Å². The monoisotopic (exact) mass is 410 g/mol. The molecule has 0 fully saturated rings. The van der Waals surface area contributed by atoms with E-state index >= 15 is 0 Å². The van der Waals surface area contributed by atoms with Crippen molar-refractivity contribution >= 4 is 34.8 Å². The summed E-state index contributed by atoms with van der Waals surface area (Å²) in [6.07, 6.45) is 0. The van der Waals surface area contributed by atoms with Crippen molar-refractivity contribution in [1.82, 2.24) is 4.90 Å². The van der Waals surface area contributed by atoms with Gasteiger partial charge in [0.25, 0.3) is 5.76 Å². The van der Waals surface area contributed by atoms with Gasteiger partial charge in [-0.2, -0.15) is 8.78 Å². The Balaban J connectivity index is 1.62. The van der Waals surface area contributed by atoms with Gasteiger partial charge in [-0.25, -0.2) is 0 Å². The number of benzene rings is 2. The van der Waals surface area contributed by atoms with Crippen LogP contribution in [-0.2, 0) is 6.54 Å². The molecule has 0 unspecified atom stereocenters. The average Bonchev–Trinajstić information content (AvgIpc) is 2.67. The molecule has 4 nitrogen and oxygen atoms in total. The van der Waals surface area contributed by atoms with E-state index < -0.39 is 5.76 Å². The maximum Gasteiger partial charge on any atom is 0.288 e. The highest BCUT2D eigenvalue weighted by Crippen LogP contribution is 2.31. The lowest BCUT2D eigenvalue weighted by atomic mass is 10.2. The molecule has 27 heavy (non-hydrogen) atoms. The second-order valence-corrected chi connectivity index (χ2v) is 7.28. The number of ether oxygens (including phenoxy) is 2. The summed E-state index contributed by atoms with van der Waals surface area (Å²) in [4.78, 5) is 2.54. The van der Waals surface area contributed by atoms with E-state index in [0.29, 0.717) is 41.5 Å². The quantitative estimate of drug-likeness (QED) is 0.534. The predicted octanol–water partition coefficient (Wildman–Crippen LogP) is 4.99. The van der Waals surface area contributed by atoms with Crippen LogP contribution < -0.4 is 14.8 Å². The van der Waals surface area contributed by atoms with Crippen LogP contribution in [-0.4, -0.2) is 35.5 Å². The highest BCUT2D eigenvalue weighted by Gasteiger charge is 2.14. The molecular formula is C19H20F2N2O2S2. The van der Waals surface area contributed by atoms with E-state index in [1.54, 1.807) is 24.3 Å². The lowest BCUT2D eigenvalue weighted by Gasteiger charge is -2.25. The summed E-state index contributed by atoms with van der Waals surface area (Å²) in [5, 5.41) is 3.73. The van der Waals surface area contributed by atoms with Crippen LogP contribution in [0.25, 0.3) is 0 Å². The Bertz CT molecular complexity index is 788. The summed E-state index contributed by atoms with van der Waals surface area (Å²) >= 11 is 6.04. The number of hydrogen-bond acceptors (Lipinski definition) is 4. The van der Waals surface area contributed by atoms with Gasteiger partial charge in [0.05, 0.1) is 0 Å². The zero-order valence-corrected chi connectivity index (χ0v) is 16.4. The van der Waals surface area contributed by atoms with E-state index in [1.807, 2.05) is 30.0 Å². The minimum absolute atomic E-state index is 0.519. The van der Waals surface area contributed by atoms with Crippen LogP contribution >= 0.6 is 24.0 Å². The van der Waals surface area contributed by atoms with Gasteiger partial charge >= 0.3 is 0 Å². The molecule has 0 radical (unpaired) electrons. The van der Waals surface area contributed by atoms with Crippen molar-refractivity contribution in [3.05, 3.63) is 48.0 Å². The van der Waals surface area contributed by atoms with Crippen molar-refractivity contribution in [3.63, 3.8) is 0 Å². The molecule has 3 rings (SSSR count). The Hall–Kier alpha value is -2.06. The molecule has 0 aromatic heterocycles. The molecule has 2 aromatic carbocycles. The lowest BCUT2D eigenvalue weighted by Crippen LogP contribution is -2.34. The zero-order valence-electron chi connectivity index (χ0n) is 14.8. The maximum atomic E-state index is 12.4. The molecule has 2 aromatic rings. The Kier molecular flexibility index (Phi) is 6.73. The molecule has 8 heteroatoms. The molecule has 0 saturated carbocycles. The topological polar surface area (TPSA) is 33.7 Å². The van der Waals surface area contributed by atoms with Crippen molar-refractivity contribution < 1.29 is 18.3 Å². The van der Waals surface area contributed by atoms with Gasteiger partial charge in [0, 0.05) is 23.7 Å². The van der Waals surface area contributed by atoms with Gasteiger partial charge < -0.3 is 19.7 Å². The van der Waals surface area contributed by atoms with Gasteiger partial charge in [-0.05, 0) is 61.1 Å². The van der Waals surface area contributed by atoms with Crippen molar-refractivity contribution in [2.24, 2.45) is 0 Å². The first-order valence-corrected chi connectivity index (χ1v) is 9.83. The van der Waals surface area contributed by atoms with Gasteiger partial charge in [-0.3, -0.25) is 0 Å². The number of thioether (sulfide) groups is 1. The molecule has 0 aliphatic carbocycles. The number of nitrogens with zero attached hydrogens (tertiary/aromatic N) is 1. The molecule has 1 aliphatic rings. The molecule has 0 saturated heterocycles. The Morgan fingerprint density at radius 1 is 1.15 bits per heavy atom. The van der Waals surface area contributed by atoms with Gasteiger partial charge in [0.1, 0.15) is 13.2 Å². The predicted molar refractivity (Wildman–Crippen MR) is 108 cm³/mol. The van der Waals surface area contributed by atoms with Gasteiger partial charge in [0.2, 0.25) is 0 Å².